The SMILES string of the molecule is O=C1N(Cc2ccccc2)C[C@@]2(F)CN(Cc3ccccc3[N+](=O)[O-])C[C@@]12F. The summed E-state index contributed by atoms with van der Waals surface area (Å²) in [6, 6.07) is 15.2. The van der Waals surface area contributed by atoms with Gasteiger partial charge in [-0.2, -0.15) is 0 Å². The number of likely N-dealkylation sites (tertiary alicyclic amines) is 2. The number of carbonyl (C=O) groups is 1. The summed E-state index contributed by atoms with van der Waals surface area (Å²) in [7, 11) is 0. The molecule has 0 bridgehead atoms. The second-order valence-electron chi connectivity index (χ2n) is 7.44. The highest BCUT2D eigenvalue weighted by Gasteiger charge is 2.70. The van der Waals surface area contributed by atoms with Gasteiger partial charge in [-0.15, -0.1) is 0 Å². The van der Waals surface area contributed by atoms with Crippen LogP contribution in [0.25, 0.3) is 0 Å². The lowest BCUT2D eigenvalue weighted by atomic mass is 9.93. The molecule has 2 fully saturated rings. The number of hydrogen-bond donors (Lipinski definition) is 0. The molecule has 2 aromatic carbocycles. The standard InChI is InChI=1S/C20H19F2N3O3/c21-19-12-23(11-16-8-4-5-9-17(16)25(27)28)14-20(19,22)18(26)24(13-19)10-15-6-2-1-3-7-15/h1-9H,10-14H2/t19-,20+/m0/s1. The first-order valence-corrected chi connectivity index (χ1v) is 8.98. The van der Waals surface area contributed by atoms with Gasteiger partial charge in [0.15, 0.2) is 5.67 Å². The molecule has 2 aliphatic heterocycles. The molecule has 0 aromatic heterocycles. The van der Waals surface area contributed by atoms with Gasteiger partial charge in [-0.05, 0) is 5.56 Å². The van der Waals surface area contributed by atoms with Crippen molar-refractivity contribution < 1.29 is 18.5 Å². The molecule has 2 aromatic rings. The lowest BCUT2D eigenvalue weighted by Gasteiger charge is -2.22. The molecule has 0 saturated carbocycles. The van der Waals surface area contributed by atoms with Crippen LogP contribution < -0.4 is 0 Å². The van der Waals surface area contributed by atoms with E-state index < -0.39 is 28.7 Å². The minimum absolute atomic E-state index is 0.0143. The Hall–Kier alpha value is -2.87. The van der Waals surface area contributed by atoms with Crippen LogP contribution in [0.1, 0.15) is 11.1 Å². The maximum atomic E-state index is 15.5. The minimum Gasteiger partial charge on any atom is -0.332 e. The number of rotatable bonds is 5. The van der Waals surface area contributed by atoms with Gasteiger partial charge in [0.05, 0.1) is 11.5 Å². The van der Waals surface area contributed by atoms with E-state index in [4.69, 9.17) is 0 Å². The molecular formula is C20H19F2N3O3. The Kier molecular flexibility index (Phi) is 4.38. The molecule has 146 valence electrons. The van der Waals surface area contributed by atoms with Gasteiger partial charge < -0.3 is 4.90 Å². The third-order valence-corrected chi connectivity index (χ3v) is 5.49. The highest BCUT2D eigenvalue weighted by Crippen LogP contribution is 2.46. The zero-order valence-electron chi connectivity index (χ0n) is 15.1. The summed E-state index contributed by atoms with van der Waals surface area (Å²) < 4.78 is 31.0. The van der Waals surface area contributed by atoms with E-state index in [-0.39, 0.29) is 31.9 Å². The summed E-state index contributed by atoms with van der Waals surface area (Å²) in [5.74, 6) is -0.857. The Morgan fingerprint density at radius 3 is 2.32 bits per heavy atom. The largest absolute Gasteiger partial charge is 0.332 e. The Labute approximate surface area is 160 Å². The van der Waals surface area contributed by atoms with Gasteiger partial charge in [-0.3, -0.25) is 19.8 Å². The van der Waals surface area contributed by atoms with Crippen molar-refractivity contribution in [3.63, 3.8) is 0 Å². The third-order valence-electron chi connectivity index (χ3n) is 5.49. The number of nitro groups is 1. The van der Waals surface area contributed by atoms with Crippen molar-refractivity contribution in [2.24, 2.45) is 0 Å². The Morgan fingerprint density at radius 2 is 1.64 bits per heavy atom. The number of amides is 1. The van der Waals surface area contributed by atoms with Gasteiger partial charge in [0.2, 0.25) is 5.67 Å². The van der Waals surface area contributed by atoms with Gasteiger partial charge in [0.25, 0.3) is 11.6 Å². The highest BCUT2D eigenvalue weighted by atomic mass is 19.2. The van der Waals surface area contributed by atoms with Crippen LogP contribution >= 0.6 is 0 Å². The second-order valence-corrected chi connectivity index (χ2v) is 7.44. The summed E-state index contributed by atoms with van der Waals surface area (Å²) in [6.45, 7) is -0.863. The normalized spacial score (nSPS) is 27.2. The quantitative estimate of drug-likeness (QED) is 0.585. The number of hydrogen-bond acceptors (Lipinski definition) is 4. The fourth-order valence-electron chi connectivity index (χ4n) is 4.15. The summed E-state index contributed by atoms with van der Waals surface area (Å²) in [6.07, 6.45) is 0. The summed E-state index contributed by atoms with van der Waals surface area (Å²) in [5.41, 5.74) is -3.89. The van der Waals surface area contributed by atoms with Crippen LogP contribution in [0.2, 0.25) is 0 Å². The zero-order chi connectivity index (χ0) is 19.9. The molecule has 2 heterocycles. The van der Waals surface area contributed by atoms with Crippen molar-refractivity contribution in [1.82, 2.24) is 9.80 Å². The molecule has 1 amide bonds. The fourth-order valence-corrected chi connectivity index (χ4v) is 4.15. The van der Waals surface area contributed by atoms with Crippen LogP contribution in [0.15, 0.2) is 54.6 Å². The average Bonchev–Trinajstić information content (AvgIpc) is 3.01. The number of fused-ring (bicyclic) bond motifs is 1. The maximum Gasteiger partial charge on any atom is 0.273 e. The lowest BCUT2D eigenvalue weighted by Crippen LogP contribution is -2.47. The van der Waals surface area contributed by atoms with Gasteiger partial charge >= 0.3 is 0 Å². The van der Waals surface area contributed by atoms with Crippen LogP contribution in [0, 0.1) is 10.1 Å². The number of halogens is 2. The Balaban J connectivity index is 1.51. The molecular weight excluding hydrogens is 368 g/mol. The van der Waals surface area contributed by atoms with E-state index in [2.05, 4.69) is 0 Å². The van der Waals surface area contributed by atoms with E-state index >= 15 is 8.78 Å². The van der Waals surface area contributed by atoms with Crippen molar-refractivity contribution in [2.45, 2.75) is 24.4 Å². The van der Waals surface area contributed by atoms with Crippen LogP contribution in [0.5, 0.6) is 0 Å². The molecule has 0 aliphatic carbocycles. The van der Waals surface area contributed by atoms with E-state index in [9.17, 15) is 14.9 Å². The second kappa shape index (κ2) is 6.63. The first kappa shape index (κ1) is 18.5. The number of carbonyl (C=O) groups excluding carboxylic acids is 1. The van der Waals surface area contributed by atoms with Crippen LogP contribution in [-0.4, -0.2) is 51.6 Å². The van der Waals surface area contributed by atoms with Crippen LogP contribution in [0.3, 0.4) is 0 Å². The predicted octanol–water partition coefficient (Wildman–Crippen LogP) is 2.87. The summed E-state index contributed by atoms with van der Waals surface area (Å²) in [5, 5.41) is 11.2. The van der Waals surface area contributed by atoms with Gasteiger partial charge in [-0.25, -0.2) is 8.78 Å². The van der Waals surface area contributed by atoms with Gasteiger partial charge in [0, 0.05) is 37.8 Å². The lowest BCUT2D eigenvalue weighted by molar-refractivity contribution is -0.385. The van der Waals surface area contributed by atoms with E-state index in [1.54, 1.807) is 30.3 Å². The van der Waals surface area contributed by atoms with E-state index in [1.807, 2.05) is 18.2 Å². The fraction of sp³-hybridized carbons (Fsp3) is 0.350. The topological polar surface area (TPSA) is 66.7 Å². The predicted molar refractivity (Wildman–Crippen MR) is 97.9 cm³/mol. The van der Waals surface area contributed by atoms with E-state index in [0.29, 0.717) is 5.56 Å². The van der Waals surface area contributed by atoms with Gasteiger partial charge in [0.1, 0.15) is 0 Å². The Morgan fingerprint density at radius 1 is 0.964 bits per heavy atom. The number of para-hydroxylation sites is 1. The monoisotopic (exact) mass is 387 g/mol. The maximum absolute atomic E-state index is 15.5. The zero-order valence-corrected chi connectivity index (χ0v) is 15.1. The van der Waals surface area contributed by atoms with Crippen molar-refractivity contribution in [2.75, 3.05) is 19.6 Å². The minimum atomic E-state index is -2.63. The first-order chi connectivity index (χ1) is 13.3. The molecule has 8 heteroatoms. The number of benzene rings is 2. The molecule has 2 atom stereocenters. The molecule has 28 heavy (non-hydrogen) atoms. The van der Waals surface area contributed by atoms with E-state index in [1.165, 1.54) is 15.9 Å². The van der Waals surface area contributed by atoms with Gasteiger partial charge in [-0.1, -0.05) is 48.5 Å². The number of alkyl halides is 2. The highest BCUT2D eigenvalue weighted by molar-refractivity contribution is 5.90. The molecule has 2 saturated heterocycles. The van der Waals surface area contributed by atoms with E-state index in [0.717, 1.165) is 5.56 Å². The van der Waals surface area contributed by atoms with Crippen molar-refractivity contribution >= 4 is 11.6 Å². The third kappa shape index (κ3) is 2.93. The smallest absolute Gasteiger partial charge is 0.273 e. The molecule has 2 aliphatic rings. The Bertz CT molecular complexity index is 926. The molecule has 4 rings (SSSR count). The van der Waals surface area contributed by atoms with Crippen molar-refractivity contribution in [3.05, 3.63) is 75.8 Å². The first-order valence-electron chi connectivity index (χ1n) is 8.98. The molecule has 0 unspecified atom stereocenters. The van der Waals surface area contributed by atoms with Crippen molar-refractivity contribution in [3.8, 4) is 0 Å². The average molecular weight is 387 g/mol. The van der Waals surface area contributed by atoms with Crippen molar-refractivity contribution in [1.29, 1.82) is 0 Å². The molecule has 0 spiro atoms. The van der Waals surface area contributed by atoms with Crippen LogP contribution in [-0.2, 0) is 17.9 Å². The number of nitrogens with zero attached hydrogens (tertiary/aromatic N) is 3. The number of nitro benzene ring substituents is 1. The molecule has 0 radical (unpaired) electrons. The molecule has 0 N–H and O–H groups in total. The van der Waals surface area contributed by atoms with Crippen LogP contribution in [0.4, 0.5) is 14.5 Å². The summed E-state index contributed by atoms with van der Waals surface area (Å²) >= 11 is 0. The molecule has 6 nitrogen and oxygen atoms in total. The summed E-state index contributed by atoms with van der Waals surface area (Å²) in [4.78, 5) is 26.0.